The summed E-state index contributed by atoms with van der Waals surface area (Å²) in [5, 5.41) is 7.50. The highest BCUT2D eigenvalue weighted by atomic mass is 32.1. The summed E-state index contributed by atoms with van der Waals surface area (Å²) >= 11 is 5.00. The predicted octanol–water partition coefficient (Wildman–Crippen LogP) is 3.76. The van der Waals surface area contributed by atoms with Crippen LogP contribution in [0.2, 0.25) is 0 Å². The number of halogens is 3. The average Bonchev–Trinajstić information content (AvgIpc) is 3.12. The van der Waals surface area contributed by atoms with Crippen LogP contribution in [0.1, 0.15) is 23.1 Å². The summed E-state index contributed by atoms with van der Waals surface area (Å²) in [6, 6.07) is 2.35. The second kappa shape index (κ2) is 8.54. The molecule has 1 N–H and O–H groups in total. The normalized spacial score (nSPS) is 15.4. The number of rotatable bonds is 5. The second-order valence-corrected chi connectivity index (χ2v) is 8.12. The highest BCUT2D eigenvalue weighted by molar-refractivity contribution is 7.84. The van der Waals surface area contributed by atoms with Gasteiger partial charge in [0.25, 0.3) is 0 Å². The largest absolute Gasteiger partial charge is 0.425 e. The van der Waals surface area contributed by atoms with Crippen molar-refractivity contribution in [1.82, 2.24) is 14.5 Å². The van der Waals surface area contributed by atoms with E-state index in [4.69, 9.17) is 5.41 Å². The number of nitrogens with one attached hydrogen (secondary N) is 1. The minimum Gasteiger partial charge on any atom is -0.337 e. The Morgan fingerprint density at radius 1 is 1.41 bits per heavy atom. The first-order chi connectivity index (χ1) is 13.6. The lowest BCUT2D eigenvalue weighted by Crippen LogP contribution is -2.34. The maximum atomic E-state index is 12.7. The molecule has 29 heavy (non-hydrogen) atoms. The van der Waals surface area contributed by atoms with Gasteiger partial charge in [0.2, 0.25) is 5.95 Å². The van der Waals surface area contributed by atoms with E-state index in [-0.39, 0.29) is 12.5 Å². The minimum atomic E-state index is -4.39. The average molecular weight is 442 g/mol. The third kappa shape index (κ3) is 5.36. The van der Waals surface area contributed by atoms with E-state index < -0.39 is 16.7 Å². The quantitative estimate of drug-likeness (QED) is 0.547. The molecule has 1 aliphatic heterocycles. The van der Waals surface area contributed by atoms with Crippen LogP contribution >= 0.6 is 24.0 Å². The van der Waals surface area contributed by atoms with Crippen molar-refractivity contribution in [1.29, 1.82) is 5.41 Å². The summed E-state index contributed by atoms with van der Waals surface area (Å²) in [6.07, 6.45) is 1.21. The number of nitrogens with zero attached hydrogens (tertiary/aromatic N) is 4. The van der Waals surface area contributed by atoms with Gasteiger partial charge in [0, 0.05) is 28.6 Å². The maximum absolute atomic E-state index is 12.7. The Morgan fingerprint density at radius 2 is 2.17 bits per heavy atom. The molecule has 1 aliphatic rings. The molecule has 0 unspecified atom stereocenters. The predicted molar refractivity (Wildman–Crippen MR) is 110 cm³/mol. The monoisotopic (exact) mass is 441 g/mol. The van der Waals surface area contributed by atoms with Gasteiger partial charge in [0.1, 0.15) is 11.2 Å². The Kier molecular flexibility index (Phi) is 6.27. The van der Waals surface area contributed by atoms with E-state index >= 15 is 0 Å². The summed E-state index contributed by atoms with van der Waals surface area (Å²) in [5.74, 6) is 0.275. The first-order valence-electron chi connectivity index (χ1n) is 8.63. The Labute approximate surface area is 174 Å². The topological polar surface area (TPSA) is 74.9 Å². The molecule has 0 amide bonds. The molecule has 0 fully saturated rings. The van der Waals surface area contributed by atoms with Gasteiger partial charge in [-0.2, -0.15) is 18.2 Å². The van der Waals surface area contributed by atoms with Crippen molar-refractivity contribution in [3.8, 4) is 0 Å². The Hall–Kier alpha value is -2.40. The molecule has 0 aliphatic carbocycles. The van der Waals surface area contributed by atoms with Crippen LogP contribution in [0.25, 0.3) is 0 Å². The number of hydrogen-bond acceptors (Lipinski definition) is 7. The Bertz CT molecular complexity index is 1040. The molecule has 6 nitrogen and oxygen atoms in total. The van der Waals surface area contributed by atoms with Crippen LogP contribution in [-0.4, -0.2) is 33.3 Å². The molecule has 0 saturated carbocycles. The van der Waals surface area contributed by atoms with Gasteiger partial charge in [-0.15, -0.1) is 24.0 Å². The van der Waals surface area contributed by atoms with E-state index in [1.807, 2.05) is 11.0 Å². The Balaban J connectivity index is 1.70. The highest BCUT2D eigenvalue weighted by Crippen LogP contribution is 2.34. The van der Waals surface area contributed by atoms with E-state index in [2.05, 4.69) is 22.6 Å². The molecule has 0 atom stereocenters. The molecule has 2 aromatic heterocycles. The lowest BCUT2D eigenvalue weighted by molar-refractivity contribution is -0.134. The van der Waals surface area contributed by atoms with Gasteiger partial charge in [-0.3, -0.25) is 4.57 Å². The number of alkyl halides is 3. The van der Waals surface area contributed by atoms with E-state index in [1.54, 1.807) is 13.0 Å². The van der Waals surface area contributed by atoms with Crippen LogP contribution in [0, 0.1) is 5.41 Å². The van der Waals surface area contributed by atoms with Gasteiger partial charge in [-0.1, -0.05) is 6.08 Å². The summed E-state index contributed by atoms with van der Waals surface area (Å²) < 4.78 is 39.3. The molecule has 11 heteroatoms. The zero-order valence-corrected chi connectivity index (χ0v) is 17.1. The molecule has 0 aromatic carbocycles. The van der Waals surface area contributed by atoms with Crippen LogP contribution in [0.5, 0.6) is 0 Å². The van der Waals surface area contributed by atoms with Crippen molar-refractivity contribution < 1.29 is 13.2 Å². The maximum Gasteiger partial charge on any atom is 0.425 e. The van der Waals surface area contributed by atoms with Gasteiger partial charge >= 0.3 is 11.9 Å². The van der Waals surface area contributed by atoms with Crippen molar-refractivity contribution in [3.05, 3.63) is 61.3 Å². The SMILES string of the molecule is CC(=N)/C=C(\S)C1=CCN(c2ncn(Cc3ccc(C(F)(F)F)s3)c(=O)n2)CC1. The third-order valence-electron chi connectivity index (χ3n) is 4.20. The summed E-state index contributed by atoms with van der Waals surface area (Å²) in [5.41, 5.74) is 0.863. The number of aromatic nitrogens is 3. The molecule has 154 valence electrons. The first kappa shape index (κ1) is 21.3. The van der Waals surface area contributed by atoms with E-state index in [9.17, 15) is 18.0 Å². The van der Waals surface area contributed by atoms with Crippen LogP contribution in [0.3, 0.4) is 0 Å². The third-order valence-corrected chi connectivity index (χ3v) is 5.73. The van der Waals surface area contributed by atoms with Gasteiger partial charge in [0.15, 0.2) is 0 Å². The van der Waals surface area contributed by atoms with Crippen LogP contribution < -0.4 is 10.6 Å². The highest BCUT2D eigenvalue weighted by Gasteiger charge is 2.32. The number of anilines is 1. The molecule has 0 spiro atoms. The number of thiol groups is 1. The lowest BCUT2D eigenvalue weighted by Gasteiger charge is -2.26. The molecule has 2 aromatic rings. The molecule has 0 bridgehead atoms. The second-order valence-electron chi connectivity index (χ2n) is 6.47. The van der Waals surface area contributed by atoms with Crippen LogP contribution in [-0.2, 0) is 12.7 Å². The number of thiophene rings is 1. The van der Waals surface area contributed by atoms with E-state index in [0.717, 1.165) is 16.5 Å². The van der Waals surface area contributed by atoms with Crippen molar-refractivity contribution >= 4 is 35.6 Å². The number of hydrogen-bond donors (Lipinski definition) is 2. The first-order valence-corrected chi connectivity index (χ1v) is 9.89. The van der Waals surface area contributed by atoms with E-state index in [1.165, 1.54) is 17.0 Å². The molecule has 3 rings (SSSR count). The van der Waals surface area contributed by atoms with Gasteiger partial charge in [0.05, 0.1) is 6.54 Å². The van der Waals surface area contributed by atoms with Gasteiger partial charge in [-0.25, -0.2) is 9.78 Å². The summed E-state index contributed by atoms with van der Waals surface area (Å²) in [7, 11) is 0. The van der Waals surface area contributed by atoms with Crippen molar-refractivity contribution in [2.24, 2.45) is 0 Å². The molecular weight excluding hydrogens is 423 g/mol. The molecule has 0 saturated heterocycles. The lowest BCUT2D eigenvalue weighted by atomic mass is 10.1. The fraction of sp³-hybridized carbons (Fsp3) is 0.333. The van der Waals surface area contributed by atoms with Gasteiger partial charge < -0.3 is 10.3 Å². The van der Waals surface area contributed by atoms with Crippen LogP contribution in [0.15, 0.2) is 45.9 Å². The molecule has 0 radical (unpaired) electrons. The van der Waals surface area contributed by atoms with Crippen molar-refractivity contribution in [2.45, 2.75) is 26.1 Å². The fourth-order valence-electron chi connectivity index (χ4n) is 2.77. The zero-order valence-electron chi connectivity index (χ0n) is 15.4. The van der Waals surface area contributed by atoms with Crippen molar-refractivity contribution in [2.75, 3.05) is 18.0 Å². The fourth-order valence-corrected chi connectivity index (χ4v) is 4.05. The molecular formula is C18H18F3N5OS2. The summed E-state index contributed by atoms with van der Waals surface area (Å²) in [4.78, 5) is 22.7. The summed E-state index contributed by atoms with van der Waals surface area (Å²) in [6.45, 7) is 2.74. The van der Waals surface area contributed by atoms with Crippen LogP contribution in [0.4, 0.5) is 19.1 Å². The minimum absolute atomic E-state index is 0.0132. The van der Waals surface area contributed by atoms with Gasteiger partial charge in [-0.05, 0) is 37.1 Å². The molecule has 3 heterocycles. The zero-order chi connectivity index (χ0) is 21.2. The smallest absolute Gasteiger partial charge is 0.337 e. The number of allylic oxidation sites excluding steroid dienone is 2. The standard InChI is InChI=1S/C18H18F3N5OS2/c1-11(22)8-14(28)12-4-6-25(7-5-12)16-23-10-26(17(27)24-16)9-13-2-3-15(29-13)18(19,20)21/h2-4,8,10,22,28H,5-7,9H2,1H3/b14-8-,22-11?. The van der Waals surface area contributed by atoms with E-state index in [0.29, 0.717) is 41.4 Å². The van der Waals surface area contributed by atoms with Crippen molar-refractivity contribution in [3.63, 3.8) is 0 Å². The Morgan fingerprint density at radius 3 is 2.72 bits per heavy atom.